The van der Waals surface area contributed by atoms with Crippen molar-refractivity contribution >= 4 is 40.6 Å². The Morgan fingerprint density at radius 3 is 2.61 bits per heavy atom. The normalized spacial score (nSPS) is 14.8. The van der Waals surface area contributed by atoms with Crippen molar-refractivity contribution in [1.82, 2.24) is 9.80 Å². The first-order valence-electron chi connectivity index (χ1n) is 9.63. The van der Waals surface area contributed by atoms with Gasteiger partial charge in [-0.2, -0.15) is 0 Å². The third kappa shape index (κ3) is 6.09. The lowest BCUT2D eigenvalue weighted by molar-refractivity contribution is -0.130. The van der Waals surface area contributed by atoms with Gasteiger partial charge in [-0.25, -0.2) is 0 Å². The Bertz CT molecular complexity index is 772. The number of para-hydroxylation sites is 1. The second-order valence-corrected chi connectivity index (χ2v) is 8.81. The molecule has 0 radical (unpaired) electrons. The molecule has 28 heavy (non-hydrogen) atoms. The quantitative estimate of drug-likeness (QED) is 0.716. The van der Waals surface area contributed by atoms with Crippen molar-refractivity contribution in [2.75, 3.05) is 43.8 Å². The molecule has 1 aromatic carbocycles. The molecule has 0 unspecified atom stereocenters. The number of thiophene rings is 1. The van der Waals surface area contributed by atoms with Crippen LogP contribution in [0.5, 0.6) is 0 Å². The summed E-state index contributed by atoms with van der Waals surface area (Å²) >= 11 is 3.40. The largest absolute Gasteiger partial charge is 0.339 e. The first-order valence-corrected chi connectivity index (χ1v) is 11.7. The summed E-state index contributed by atoms with van der Waals surface area (Å²) in [6, 6.07) is 12.1. The molecule has 0 atom stereocenters. The zero-order valence-corrected chi connectivity index (χ0v) is 17.9. The molecule has 3 rings (SSSR count). The summed E-state index contributed by atoms with van der Waals surface area (Å²) in [6.45, 7) is 5.32. The Morgan fingerprint density at radius 1 is 1.11 bits per heavy atom. The van der Waals surface area contributed by atoms with Crippen LogP contribution in [-0.2, 0) is 21.8 Å². The number of carbonyl (C=O) groups is 2. The van der Waals surface area contributed by atoms with E-state index in [1.54, 1.807) is 23.1 Å². The van der Waals surface area contributed by atoms with Crippen molar-refractivity contribution in [3.63, 3.8) is 0 Å². The Balaban J connectivity index is 1.37. The number of thioether (sulfide) groups is 1. The highest BCUT2D eigenvalue weighted by atomic mass is 32.2. The number of amides is 2. The molecule has 150 valence electrons. The number of rotatable bonds is 8. The molecule has 0 spiro atoms. The van der Waals surface area contributed by atoms with Crippen molar-refractivity contribution in [3.05, 3.63) is 52.2 Å². The smallest absolute Gasteiger partial charge is 0.238 e. The Hall–Kier alpha value is -1.83. The molecule has 0 saturated carbocycles. The van der Waals surface area contributed by atoms with Crippen molar-refractivity contribution in [2.45, 2.75) is 19.1 Å². The van der Waals surface area contributed by atoms with Gasteiger partial charge in [0.1, 0.15) is 0 Å². The van der Waals surface area contributed by atoms with E-state index < -0.39 is 0 Å². The zero-order valence-electron chi connectivity index (χ0n) is 16.2. The van der Waals surface area contributed by atoms with Gasteiger partial charge < -0.3 is 10.2 Å². The molecule has 5 nitrogen and oxygen atoms in total. The molecule has 0 aliphatic carbocycles. The zero-order chi connectivity index (χ0) is 19.8. The van der Waals surface area contributed by atoms with Crippen molar-refractivity contribution in [1.29, 1.82) is 0 Å². The van der Waals surface area contributed by atoms with Gasteiger partial charge in [0.15, 0.2) is 0 Å². The van der Waals surface area contributed by atoms with E-state index in [0.717, 1.165) is 36.5 Å². The monoisotopic (exact) mass is 417 g/mol. The minimum absolute atomic E-state index is 0.00665. The fraction of sp³-hybridized carbons (Fsp3) is 0.429. The summed E-state index contributed by atoms with van der Waals surface area (Å²) in [5, 5.41) is 5.08. The molecule has 1 aliphatic rings. The average molecular weight is 418 g/mol. The van der Waals surface area contributed by atoms with Crippen LogP contribution in [-0.4, -0.2) is 60.1 Å². The number of aryl methyl sites for hydroxylation is 1. The van der Waals surface area contributed by atoms with Gasteiger partial charge in [0.2, 0.25) is 11.8 Å². The summed E-state index contributed by atoms with van der Waals surface area (Å²) in [5.74, 6) is 1.62. The van der Waals surface area contributed by atoms with Gasteiger partial charge in [0.05, 0.1) is 12.3 Å². The number of benzene rings is 1. The summed E-state index contributed by atoms with van der Waals surface area (Å²) in [7, 11) is 0. The molecule has 1 aromatic heterocycles. The molecular formula is C21H27N3O2S2. The van der Waals surface area contributed by atoms with E-state index in [1.165, 1.54) is 4.88 Å². The van der Waals surface area contributed by atoms with Crippen LogP contribution < -0.4 is 5.32 Å². The van der Waals surface area contributed by atoms with Crippen LogP contribution in [0.4, 0.5) is 5.69 Å². The molecule has 1 N–H and O–H groups in total. The van der Waals surface area contributed by atoms with E-state index in [4.69, 9.17) is 0 Å². The van der Waals surface area contributed by atoms with Crippen molar-refractivity contribution < 1.29 is 9.59 Å². The van der Waals surface area contributed by atoms with Gasteiger partial charge >= 0.3 is 0 Å². The maximum Gasteiger partial charge on any atom is 0.238 e. The second kappa shape index (κ2) is 10.6. The molecule has 2 aromatic rings. The predicted molar refractivity (Wildman–Crippen MR) is 118 cm³/mol. The Morgan fingerprint density at radius 2 is 1.89 bits per heavy atom. The summed E-state index contributed by atoms with van der Waals surface area (Å²) < 4.78 is 0. The van der Waals surface area contributed by atoms with E-state index >= 15 is 0 Å². The topological polar surface area (TPSA) is 52.7 Å². The highest BCUT2D eigenvalue weighted by Gasteiger charge is 2.22. The fourth-order valence-corrected chi connectivity index (χ4v) is 4.99. The first-order chi connectivity index (χ1) is 13.7. The molecular weight excluding hydrogens is 390 g/mol. The van der Waals surface area contributed by atoms with Gasteiger partial charge in [0.25, 0.3) is 0 Å². The number of hydrogen-bond acceptors (Lipinski definition) is 5. The number of hydrogen-bond donors (Lipinski definition) is 1. The predicted octanol–water partition coefficient (Wildman–Crippen LogP) is 3.33. The molecule has 2 heterocycles. The van der Waals surface area contributed by atoms with E-state index in [1.807, 2.05) is 35.2 Å². The van der Waals surface area contributed by atoms with Crippen LogP contribution in [0.3, 0.4) is 0 Å². The second-order valence-electron chi connectivity index (χ2n) is 6.79. The Labute approximate surface area is 175 Å². The SMILES string of the molecule is CCc1ccccc1NC(=O)CN1CCN(C(=O)CSCc2cccs2)CC1. The van der Waals surface area contributed by atoms with E-state index in [9.17, 15) is 9.59 Å². The van der Waals surface area contributed by atoms with Crippen molar-refractivity contribution in [3.8, 4) is 0 Å². The van der Waals surface area contributed by atoms with Crippen LogP contribution in [0.2, 0.25) is 0 Å². The van der Waals surface area contributed by atoms with Crippen LogP contribution in [0.1, 0.15) is 17.4 Å². The van der Waals surface area contributed by atoms with Crippen LogP contribution >= 0.6 is 23.1 Å². The fourth-order valence-electron chi connectivity index (χ4n) is 3.22. The number of piperazine rings is 1. The lowest BCUT2D eigenvalue weighted by Crippen LogP contribution is -2.50. The molecule has 2 amide bonds. The summed E-state index contributed by atoms with van der Waals surface area (Å²) in [6.07, 6.45) is 0.891. The van der Waals surface area contributed by atoms with Gasteiger partial charge in [0, 0.05) is 42.5 Å². The van der Waals surface area contributed by atoms with Crippen LogP contribution in [0.15, 0.2) is 41.8 Å². The number of nitrogens with one attached hydrogen (secondary N) is 1. The average Bonchev–Trinajstić information content (AvgIpc) is 3.22. The highest BCUT2D eigenvalue weighted by Crippen LogP contribution is 2.18. The molecule has 1 saturated heterocycles. The third-order valence-corrected chi connectivity index (χ3v) is 6.84. The van der Waals surface area contributed by atoms with Gasteiger partial charge in [-0.3, -0.25) is 14.5 Å². The number of anilines is 1. The number of carbonyl (C=O) groups excluding carboxylic acids is 2. The van der Waals surface area contributed by atoms with E-state index in [-0.39, 0.29) is 11.8 Å². The third-order valence-electron chi connectivity index (χ3n) is 4.81. The van der Waals surface area contributed by atoms with Crippen LogP contribution in [0.25, 0.3) is 0 Å². The van der Waals surface area contributed by atoms with E-state index in [0.29, 0.717) is 25.4 Å². The maximum absolute atomic E-state index is 12.4. The minimum atomic E-state index is 0.00665. The van der Waals surface area contributed by atoms with Gasteiger partial charge in [-0.05, 0) is 29.5 Å². The Kier molecular flexibility index (Phi) is 7.94. The minimum Gasteiger partial charge on any atom is -0.339 e. The molecule has 7 heteroatoms. The lowest BCUT2D eigenvalue weighted by atomic mass is 10.1. The van der Waals surface area contributed by atoms with Crippen LogP contribution in [0, 0.1) is 0 Å². The van der Waals surface area contributed by atoms with Gasteiger partial charge in [-0.15, -0.1) is 23.1 Å². The highest BCUT2D eigenvalue weighted by molar-refractivity contribution is 7.99. The lowest BCUT2D eigenvalue weighted by Gasteiger charge is -2.34. The molecule has 0 bridgehead atoms. The summed E-state index contributed by atoms with van der Waals surface area (Å²) in [5.41, 5.74) is 2.04. The summed E-state index contributed by atoms with van der Waals surface area (Å²) in [4.78, 5) is 30.1. The van der Waals surface area contributed by atoms with Gasteiger partial charge in [-0.1, -0.05) is 31.2 Å². The van der Waals surface area contributed by atoms with Crippen molar-refractivity contribution in [2.24, 2.45) is 0 Å². The maximum atomic E-state index is 12.4. The number of nitrogens with zero attached hydrogens (tertiary/aromatic N) is 2. The first kappa shape index (κ1) is 20.9. The standard InChI is InChI=1S/C21H27N3O2S2/c1-2-17-6-3-4-8-19(17)22-20(25)14-23-9-11-24(12-10-23)21(26)16-27-15-18-7-5-13-28-18/h3-8,13H,2,9-12,14-16H2,1H3,(H,22,25). The van der Waals surface area contributed by atoms with E-state index in [2.05, 4.69) is 28.6 Å². The molecule has 1 fully saturated rings. The molecule has 1 aliphatic heterocycles.